The molecule has 0 bridgehead atoms. The Kier molecular flexibility index (Phi) is 52.3. The summed E-state index contributed by atoms with van der Waals surface area (Å²) in [7, 11) is 1.19. The van der Waals surface area contributed by atoms with E-state index >= 15 is 0 Å². The van der Waals surface area contributed by atoms with Crippen molar-refractivity contribution in [2.24, 2.45) is 0 Å². The van der Waals surface area contributed by atoms with E-state index in [0.29, 0.717) is 17.4 Å². The Morgan fingerprint density at radius 2 is 0.877 bits per heavy atom. The van der Waals surface area contributed by atoms with Crippen molar-refractivity contribution in [3.05, 3.63) is 36.5 Å². The Hall–Kier alpha value is -1.77. The Morgan fingerprint density at radius 3 is 1.30 bits per heavy atom. The van der Waals surface area contributed by atoms with E-state index in [2.05, 4.69) is 50.4 Å². The zero-order valence-corrected chi connectivity index (χ0v) is 50.0. The lowest BCUT2D eigenvalue weighted by Gasteiger charge is -2.30. The molecule has 0 aliphatic rings. The smallest absolute Gasteiger partial charge is 0.306 e. The second kappa shape index (κ2) is 53.6. The van der Waals surface area contributed by atoms with Crippen LogP contribution in [0.25, 0.3) is 0 Å². The van der Waals surface area contributed by atoms with Crippen molar-refractivity contribution in [2.75, 3.05) is 40.9 Å². The Labute approximate surface area is 453 Å². The molecule has 10 heteroatoms. The van der Waals surface area contributed by atoms with Gasteiger partial charge in [0.2, 0.25) is 5.91 Å². The molecule has 0 rings (SSSR count). The highest BCUT2D eigenvalue weighted by Gasteiger charge is 2.27. The average molecular weight is 1050 g/mol. The largest absolute Gasteiger partial charge is 0.756 e. The summed E-state index contributed by atoms with van der Waals surface area (Å²) in [5, 5.41) is 3.03. The molecule has 0 saturated carbocycles. The van der Waals surface area contributed by atoms with Gasteiger partial charge in [-0.2, -0.15) is 0 Å². The number of phosphoric acid groups is 1. The second-order valence-corrected chi connectivity index (χ2v) is 23.9. The number of hydrogen-bond acceptors (Lipinski definition) is 7. The summed E-state index contributed by atoms with van der Waals surface area (Å²) in [6, 6.07) is -0.888. The van der Waals surface area contributed by atoms with Crippen molar-refractivity contribution in [3.63, 3.8) is 0 Å². The van der Waals surface area contributed by atoms with E-state index in [-0.39, 0.29) is 31.5 Å². The Balaban J connectivity index is 5.17. The summed E-state index contributed by atoms with van der Waals surface area (Å²) in [6.07, 6.45) is 64.0. The number of phosphoric ester groups is 1. The highest BCUT2D eigenvalue weighted by atomic mass is 31.2. The van der Waals surface area contributed by atoms with Crippen LogP contribution >= 0.6 is 7.82 Å². The van der Waals surface area contributed by atoms with Crippen molar-refractivity contribution < 1.29 is 37.3 Å². The van der Waals surface area contributed by atoms with E-state index in [1.54, 1.807) is 0 Å². The highest BCUT2D eigenvalue weighted by molar-refractivity contribution is 7.45. The van der Waals surface area contributed by atoms with E-state index in [9.17, 15) is 19.0 Å². The minimum Gasteiger partial charge on any atom is -0.756 e. The minimum atomic E-state index is -4.69. The molecule has 73 heavy (non-hydrogen) atoms. The number of amides is 1. The van der Waals surface area contributed by atoms with Gasteiger partial charge in [0, 0.05) is 12.8 Å². The molecule has 0 radical (unpaired) electrons. The number of nitrogens with one attached hydrogen (secondary N) is 1. The molecular formula is C63H121N2O7P. The molecule has 0 aromatic rings. The molecule has 0 aliphatic carbocycles. The number of quaternary nitrogens is 1. The van der Waals surface area contributed by atoms with Gasteiger partial charge in [-0.1, -0.05) is 269 Å². The van der Waals surface area contributed by atoms with Gasteiger partial charge in [0.15, 0.2) is 0 Å². The van der Waals surface area contributed by atoms with Crippen LogP contribution in [0, 0.1) is 0 Å². The second-order valence-electron chi connectivity index (χ2n) is 22.5. The fourth-order valence-corrected chi connectivity index (χ4v) is 9.99. The maximum atomic E-state index is 13.5. The predicted molar refractivity (Wildman–Crippen MR) is 312 cm³/mol. The maximum Gasteiger partial charge on any atom is 0.306 e. The van der Waals surface area contributed by atoms with Crippen molar-refractivity contribution >= 4 is 19.7 Å². The van der Waals surface area contributed by atoms with Gasteiger partial charge in [0.05, 0.1) is 33.8 Å². The number of hydrogen-bond donors (Lipinski definition) is 1. The predicted octanol–water partition coefficient (Wildman–Crippen LogP) is 18.5. The first-order chi connectivity index (χ1) is 35.4. The van der Waals surface area contributed by atoms with Gasteiger partial charge in [-0.15, -0.1) is 0 Å². The van der Waals surface area contributed by atoms with Crippen LogP contribution in [0.2, 0.25) is 0 Å². The monoisotopic (exact) mass is 1050 g/mol. The zero-order chi connectivity index (χ0) is 53.6. The van der Waals surface area contributed by atoms with Crippen LogP contribution in [0.15, 0.2) is 36.5 Å². The third kappa shape index (κ3) is 54.8. The number of nitrogens with zero attached hydrogens (tertiary/aromatic N) is 1. The van der Waals surface area contributed by atoms with Crippen LogP contribution in [0.3, 0.4) is 0 Å². The third-order valence-corrected chi connectivity index (χ3v) is 15.0. The number of unbranched alkanes of at least 4 members (excludes halogenated alkanes) is 37. The molecular weight excluding hydrogens is 928 g/mol. The van der Waals surface area contributed by atoms with Gasteiger partial charge < -0.3 is 28.5 Å². The van der Waals surface area contributed by atoms with Crippen LogP contribution in [0.5, 0.6) is 0 Å². The topological polar surface area (TPSA) is 114 Å². The molecule has 0 heterocycles. The minimum absolute atomic E-state index is 0.0219. The van der Waals surface area contributed by atoms with E-state index < -0.39 is 20.0 Å². The molecule has 1 N–H and O–H groups in total. The zero-order valence-electron chi connectivity index (χ0n) is 49.1. The first-order valence-corrected chi connectivity index (χ1v) is 32.8. The molecule has 0 aromatic heterocycles. The van der Waals surface area contributed by atoms with Gasteiger partial charge in [-0.25, -0.2) is 0 Å². The lowest BCUT2D eigenvalue weighted by molar-refractivity contribution is -0.870. The average Bonchev–Trinajstić information content (AvgIpc) is 3.35. The lowest BCUT2D eigenvalue weighted by Crippen LogP contribution is -2.47. The number of ether oxygens (including phenoxy) is 1. The first kappa shape index (κ1) is 71.2. The van der Waals surface area contributed by atoms with Crippen molar-refractivity contribution in [1.29, 1.82) is 0 Å². The fraction of sp³-hybridized carbons (Fsp3) is 0.873. The fourth-order valence-electron chi connectivity index (χ4n) is 9.27. The number of allylic oxidation sites excluding steroid dienone is 5. The molecule has 0 aromatic carbocycles. The van der Waals surface area contributed by atoms with E-state index in [4.69, 9.17) is 13.8 Å². The summed E-state index contributed by atoms with van der Waals surface area (Å²) >= 11 is 0. The Morgan fingerprint density at radius 1 is 0.493 bits per heavy atom. The summed E-state index contributed by atoms with van der Waals surface area (Å²) in [5.41, 5.74) is 0. The van der Waals surface area contributed by atoms with Crippen LogP contribution in [0.1, 0.15) is 303 Å². The quantitative estimate of drug-likeness (QED) is 0.0212. The van der Waals surface area contributed by atoms with Crippen molar-refractivity contribution in [1.82, 2.24) is 5.32 Å². The maximum absolute atomic E-state index is 13.5. The molecule has 0 aliphatic heterocycles. The van der Waals surface area contributed by atoms with E-state index in [1.165, 1.54) is 186 Å². The summed E-state index contributed by atoms with van der Waals surface area (Å²) < 4.78 is 30.3. The number of rotatable bonds is 57. The number of carbonyl (C=O) groups excluding carboxylic acids is 2. The normalized spacial score (nSPS) is 13.9. The van der Waals surface area contributed by atoms with E-state index in [1.807, 2.05) is 33.3 Å². The van der Waals surface area contributed by atoms with Crippen molar-refractivity contribution in [3.8, 4) is 0 Å². The van der Waals surface area contributed by atoms with Gasteiger partial charge in [-0.3, -0.25) is 14.2 Å². The third-order valence-electron chi connectivity index (χ3n) is 14.1. The summed E-state index contributed by atoms with van der Waals surface area (Å²) in [5.74, 6) is -0.537. The summed E-state index contributed by atoms with van der Waals surface area (Å²) in [6.45, 7) is 6.77. The molecule has 1 amide bonds. The molecule has 3 unspecified atom stereocenters. The molecule has 3 atom stereocenters. The van der Waals surface area contributed by atoms with Gasteiger partial charge in [0.25, 0.3) is 7.82 Å². The van der Waals surface area contributed by atoms with Gasteiger partial charge in [-0.05, 0) is 57.4 Å². The lowest BCUT2D eigenvalue weighted by atomic mass is 10.0. The van der Waals surface area contributed by atoms with Gasteiger partial charge >= 0.3 is 5.97 Å². The summed E-state index contributed by atoms with van der Waals surface area (Å²) in [4.78, 5) is 39.9. The Bertz CT molecular complexity index is 1350. The molecule has 0 fully saturated rings. The number of likely N-dealkylation sites (N-methyl/N-ethyl adjacent to an activating group) is 1. The van der Waals surface area contributed by atoms with Crippen molar-refractivity contribution in [2.45, 2.75) is 315 Å². The first-order valence-electron chi connectivity index (χ1n) is 31.3. The van der Waals surface area contributed by atoms with Crippen LogP contribution in [0.4, 0.5) is 0 Å². The molecule has 0 spiro atoms. The number of esters is 1. The van der Waals surface area contributed by atoms with E-state index in [0.717, 1.165) is 83.5 Å². The van der Waals surface area contributed by atoms with Gasteiger partial charge in [0.1, 0.15) is 19.3 Å². The SMILES string of the molecule is CC/C=C/C/C=C/CCCCCCCCCC(=O)NC(COP(=O)([O-])OCC[N+](C)(C)C)C(/C=C\CCCCCCCCCCCC)OC(=O)CCCCCCCCCCCCCCCCCCCCCCC. The molecule has 9 nitrogen and oxygen atoms in total. The highest BCUT2D eigenvalue weighted by Crippen LogP contribution is 2.38. The van der Waals surface area contributed by atoms with Crippen LogP contribution < -0.4 is 10.2 Å². The number of carbonyl (C=O) groups is 2. The molecule has 0 saturated heterocycles. The molecule has 430 valence electrons. The standard InChI is InChI=1S/C63H121N2O7P/c1-7-10-13-16-19-22-25-28-30-31-32-33-34-35-36-38-41-44-47-50-53-56-63(67)72-61(54-51-48-45-42-39-27-24-21-18-15-12-9-3)60(59-71-73(68,69)70-58-57-65(4,5)6)64-62(66)55-52-49-46-43-40-37-29-26-23-20-17-14-11-8-2/h11,14,20,23,51,54,60-61H,7-10,12-13,15-19,21-22,24-50,52-53,55-59H2,1-6H3,(H-,64,66,68,69)/b14-11+,23-20+,54-51-. The van der Waals surface area contributed by atoms with Crippen LogP contribution in [-0.2, 0) is 27.9 Å². The van der Waals surface area contributed by atoms with Crippen LogP contribution in [-0.4, -0.2) is 69.4 Å².